The minimum Gasteiger partial charge on any atom is -0.481 e. The third-order valence-electron chi connectivity index (χ3n) is 5.11. The average molecular weight is 328 g/mol. The van der Waals surface area contributed by atoms with E-state index in [1.165, 1.54) is 0 Å². The molecule has 1 aromatic carbocycles. The molecule has 6 heteroatoms. The number of carbonyl (C=O) groups excluding carboxylic acids is 2. The number of amides is 2. The Morgan fingerprint density at radius 1 is 1.12 bits per heavy atom. The maximum atomic E-state index is 12.7. The van der Waals surface area contributed by atoms with E-state index in [9.17, 15) is 19.5 Å². The van der Waals surface area contributed by atoms with Crippen molar-refractivity contribution in [2.75, 3.05) is 12.4 Å². The second kappa shape index (κ2) is 6.11. The monoisotopic (exact) mass is 328 g/mol. The predicted octanol–water partition coefficient (Wildman–Crippen LogP) is 1.82. The standard InChI is InChI=1S/C18H20N2O4/c1-9-12(16(21)19-2)4-3-5-13(9)20-17(22)14-10-6-7-11(8-10)15(14)18(23)24/h3-7,10-11,14-15H,8H2,1-2H3,(H,19,21)(H,20,22)(H,23,24)/t10-,11-,14+,15-/m0/s1. The third kappa shape index (κ3) is 2.58. The first-order valence-corrected chi connectivity index (χ1v) is 7.97. The van der Waals surface area contributed by atoms with Gasteiger partial charge in [-0.2, -0.15) is 0 Å². The Morgan fingerprint density at radius 2 is 1.79 bits per heavy atom. The lowest BCUT2D eigenvalue weighted by atomic mass is 9.82. The Labute approximate surface area is 139 Å². The van der Waals surface area contributed by atoms with Gasteiger partial charge in [0.15, 0.2) is 0 Å². The highest BCUT2D eigenvalue weighted by atomic mass is 16.4. The molecule has 0 spiro atoms. The highest BCUT2D eigenvalue weighted by Crippen LogP contribution is 2.48. The van der Waals surface area contributed by atoms with Gasteiger partial charge >= 0.3 is 5.97 Å². The van der Waals surface area contributed by atoms with Crippen LogP contribution in [-0.4, -0.2) is 29.9 Å². The fourth-order valence-corrected chi connectivity index (χ4v) is 3.88. The molecule has 2 bridgehead atoms. The summed E-state index contributed by atoms with van der Waals surface area (Å²) in [6, 6.07) is 5.10. The van der Waals surface area contributed by atoms with Crippen LogP contribution >= 0.6 is 0 Å². The lowest BCUT2D eigenvalue weighted by molar-refractivity contribution is -0.146. The molecule has 1 fully saturated rings. The van der Waals surface area contributed by atoms with Gasteiger partial charge in [0, 0.05) is 18.3 Å². The first-order chi connectivity index (χ1) is 11.4. The van der Waals surface area contributed by atoms with Crippen LogP contribution in [-0.2, 0) is 9.59 Å². The van der Waals surface area contributed by atoms with Crippen LogP contribution in [0.4, 0.5) is 5.69 Å². The van der Waals surface area contributed by atoms with Crippen LogP contribution in [0.3, 0.4) is 0 Å². The SMILES string of the molecule is CNC(=O)c1cccc(NC(=O)[C@H]2[C@@H](C(=O)O)[C@H]3C=C[C@H]2C3)c1C. The number of nitrogens with one attached hydrogen (secondary N) is 2. The molecule has 4 atom stereocenters. The molecule has 3 N–H and O–H groups in total. The molecule has 0 unspecified atom stereocenters. The van der Waals surface area contributed by atoms with Crippen molar-refractivity contribution < 1.29 is 19.5 Å². The molecule has 0 aromatic heterocycles. The van der Waals surface area contributed by atoms with E-state index in [4.69, 9.17) is 0 Å². The highest BCUT2D eigenvalue weighted by Gasteiger charge is 2.51. The number of rotatable bonds is 4. The molecular weight excluding hydrogens is 308 g/mol. The zero-order valence-electron chi connectivity index (χ0n) is 13.6. The van der Waals surface area contributed by atoms with Crippen molar-refractivity contribution in [1.29, 1.82) is 0 Å². The van der Waals surface area contributed by atoms with Gasteiger partial charge in [0.2, 0.25) is 5.91 Å². The van der Waals surface area contributed by atoms with E-state index in [1.807, 2.05) is 12.2 Å². The fraction of sp³-hybridized carbons (Fsp3) is 0.389. The number of benzene rings is 1. The summed E-state index contributed by atoms with van der Waals surface area (Å²) in [5.41, 5.74) is 1.69. The summed E-state index contributed by atoms with van der Waals surface area (Å²) in [6.07, 6.45) is 4.57. The van der Waals surface area contributed by atoms with Crippen molar-refractivity contribution in [2.45, 2.75) is 13.3 Å². The maximum absolute atomic E-state index is 12.7. The van der Waals surface area contributed by atoms with Crippen LogP contribution in [0.1, 0.15) is 22.3 Å². The number of carboxylic acid groups (broad SMARTS) is 1. The number of carbonyl (C=O) groups is 3. The minimum absolute atomic E-state index is 0.0291. The molecule has 1 aromatic rings. The summed E-state index contributed by atoms with van der Waals surface area (Å²) in [4.78, 5) is 36.1. The Hall–Kier alpha value is -2.63. The van der Waals surface area contributed by atoms with Crippen LogP contribution in [0, 0.1) is 30.6 Å². The molecule has 2 aliphatic rings. The van der Waals surface area contributed by atoms with E-state index in [0.29, 0.717) is 23.2 Å². The smallest absolute Gasteiger partial charge is 0.307 e. The molecule has 2 aliphatic carbocycles. The quantitative estimate of drug-likeness (QED) is 0.735. The van der Waals surface area contributed by atoms with Gasteiger partial charge in [-0.05, 0) is 42.9 Å². The topological polar surface area (TPSA) is 95.5 Å². The molecule has 1 saturated carbocycles. The van der Waals surface area contributed by atoms with Crippen molar-refractivity contribution in [3.05, 3.63) is 41.5 Å². The van der Waals surface area contributed by atoms with Crippen LogP contribution in [0.25, 0.3) is 0 Å². The first kappa shape index (κ1) is 16.2. The Bertz CT molecular complexity index is 741. The number of fused-ring (bicyclic) bond motifs is 2. The van der Waals surface area contributed by atoms with Gasteiger partial charge < -0.3 is 15.7 Å². The molecule has 126 valence electrons. The summed E-state index contributed by atoms with van der Waals surface area (Å²) >= 11 is 0. The zero-order valence-corrected chi connectivity index (χ0v) is 13.6. The van der Waals surface area contributed by atoms with Gasteiger partial charge in [-0.25, -0.2) is 0 Å². The minimum atomic E-state index is -0.928. The van der Waals surface area contributed by atoms with Gasteiger partial charge in [0.05, 0.1) is 11.8 Å². The van der Waals surface area contributed by atoms with Gasteiger partial charge in [0.1, 0.15) is 0 Å². The summed E-state index contributed by atoms with van der Waals surface area (Å²) in [5, 5.41) is 14.8. The Kier molecular flexibility index (Phi) is 4.13. The normalized spacial score (nSPS) is 27.1. The van der Waals surface area contributed by atoms with Crippen LogP contribution in [0.2, 0.25) is 0 Å². The van der Waals surface area contributed by atoms with Gasteiger partial charge in [-0.15, -0.1) is 0 Å². The van der Waals surface area contributed by atoms with Crippen molar-refractivity contribution in [2.24, 2.45) is 23.7 Å². The highest BCUT2D eigenvalue weighted by molar-refractivity contribution is 6.00. The van der Waals surface area contributed by atoms with E-state index < -0.39 is 17.8 Å². The summed E-state index contributed by atoms with van der Waals surface area (Å²) in [5.74, 6) is -2.79. The van der Waals surface area contributed by atoms with E-state index in [0.717, 1.165) is 0 Å². The molecule has 2 amide bonds. The molecule has 3 rings (SSSR count). The lowest BCUT2D eigenvalue weighted by Gasteiger charge is -2.24. The van der Waals surface area contributed by atoms with Crippen LogP contribution in [0.5, 0.6) is 0 Å². The number of allylic oxidation sites excluding steroid dienone is 2. The summed E-state index contributed by atoms with van der Waals surface area (Å²) in [7, 11) is 1.55. The Morgan fingerprint density at radius 3 is 2.42 bits per heavy atom. The number of hydrogen-bond donors (Lipinski definition) is 3. The van der Waals surface area contributed by atoms with Crippen LogP contribution in [0.15, 0.2) is 30.4 Å². The van der Waals surface area contributed by atoms with Crippen molar-refractivity contribution in [3.8, 4) is 0 Å². The molecule has 0 aliphatic heterocycles. The van der Waals surface area contributed by atoms with Crippen molar-refractivity contribution in [1.82, 2.24) is 5.32 Å². The third-order valence-corrected chi connectivity index (χ3v) is 5.11. The number of aliphatic carboxylic acids is 1. The molecular formula is C18H20N2O4. The second-order valence-electron chi connectivity index (χ2n) is 6.38. The van der Waals surface area contributed by atoms with E-state index >= 15 is 0 Å². The van der Waals surface area contributed by atoms with E-state index in [-0.39, 0.29) is 23.7 Å². The van der Waals surface area contributed by atoms with Gasteiger partial charge in [0.25, 0.3) is 5.91 Å². The number of anilines is 1. The predicted molar refractivity (Wildman–Crippen MR) is 88.6 cm³/mol. The van der Waals surface area contributed by atoms with Crippen molar-refractivity contribution >= 4 is 23.5 Å². The first-order valence-electron chi connectivity index (χ1n) is 7.97. The largest absolute Gasteiger partial charge is 0.481 e. The van der Waals surface area contributed by atoms with E-state index in [2.05, 4.69) is 10.6 Å². The average Bonchev–Trinajstić information content (AvgIpc) is 3.17. The number of carboxylic acids is 1. The molecule has 24 heavy (non-hydrogen) atoms. The lowest BCUT2D eigenvalue weighted by Crippen LogP contribution is -2.36. The maximum Gasteiger partial charge on any atom is 0.307 e. The molecule has 0 saturated heterocycles. The van der Waals surface area contributed by atoms with Crippen molar-refractivity contribution in [3.63, 3.8) is 0 Å². The van der Waals surface area contributed by atoms with Gasteiger partial charge in [-0.1, -0.05) is 18.2 Å². The second-order valence-corrected chi connectivity index (χ2v) is 6.38. The van der Waals surface area contributed by atoms with Crippen LogP contribution < -0.4 is 10.6 Å². The fourth-order valence-electron chi connectivity index (χ4n) is 3.88. The summed E-state index contributed by atoms with van der Waals surface area (Å²) < 4.78 is 0. The van der Waals surface area contributed by atoms with E-state index in [1.54, 1.807) is 32.2 Å². The Balaban J connectivity index is 1.84. The molecule has 0 radical (unpaired) electrons. The molecule has 0 heterocycles. The number of hydrogen-bond acceptors (Lipinski definition) is 3. The molecule has 6 nitrogen and oxygen atoms in total. The zero-order chi connectivity index (χ0) is 17.4. The van der Waals surface area contributed by atoms with Gasteiger partial charge in [-0.3, -0.25) is 14.4 Å². The summed E-state index contributed by atoms with van der Waals surface area (Å²) in [6.45, 7) is 1.76.